The second-order valence-electron chi connectivity index (χ2n) is 20.6. The van der Waals surface area contributed by atoms with Gasteiger partial charge in [-0.25, -0.2) is 0 Å². The maximum Gasteiger partial charge on any atom is 0.371 e. The van der Waals surface area contributed by atoms with Gasteiger partial charge >= 0.3 is 7.57 Å². The molecule has 1 aliphatic heterocycles. The van der Waals surface area contributed by atoms with Crippen molar-refractivity contribution < 1.29 is 4.74 Å². The number of fused-ring (bicyclic) bond motifs is 4. The van der Waals surface area contributed by atoms with Crippen LogP contribution in [0.1, 0.15) is 176 Å². The van der Waals surface area contributed by atoms with Crippen LogP contribution < -0.4 is 0 Å². The Bertz CT molecular complexity index is 1820. The molecule has 0 aromatic heterocycles. The third kappa shape index (κ3) is 9.13. The standard InChI is InChI=1S/C26H35BP.C26H35P.C4H8O/c1-19-10-8-9-15-24(19)25-20-16-17-21(18-20)26(25)28(27,22-11-4-2-5-12-22)23-13-6-3-7-14-23;1-19-10-8-9-15-24(19)25-20-16-17-21(18-20)26(25)27(22-11-4-2-5-12-22)23-13-6-3-7-14-23;1-2-4-5-3-1/h8-10,15-17,20-23H,2-7,11-14,18H2,1H3;8-10,15-17,20-23H,2-7,11-14,18H2,1H3;1-4H2/q+1;;. The molecular weight excluding hydrogens is 761 g/mol. The first-order chi connectivity index (χ1) is 29.5. The third-order valence-corrected chi connectivity index (χ3v) is 25.4. The first-order valence-corrected chi connectivity index (χ1v) is 29.0. The zero-order chi connectivity index (χ0) is 40.9. The van der Waals surface area contributed by atoms with Crippen molar-refractivity contribution >= 4 is 33.8 Å². The van der Waals surface area contributed by atoms with Crippen LogP contribution in [0.15, 0.2) is 83.5 Å². The van der Waals surface area contributed by atoms with Crippen LogP contribution in [0.3, 0.4) is 0 Å². The second-order valence-corrected chi connectivity index (χ2v) is 27.0. The Kier molecular flexibility index (Phi) is 14.8. The summed E-state index contributed by atoms with van der Waals surface area (Å²) in [5.74, 6) is 2.75. The van der Waals surface area contributed by atoms with Crippen LogP contribution >= 0.6 is 15.1 Å². The van der Waals surface area contributed by atoms with Crippen molar-refractivity contribution in [2.45, 2.75) is 191 Å². The fourth-order valence-electron chi connectivity index (χ4n) is 13.9. The summed E-state index contributed by atoms with van der Waals surface area (Å²) in [5, 5.41) is 3.76. The van der Waals surface area contributed by atoms with Gasteiger partial charge in [0.2, 0.25) is 0 Å². The number of allylic oxidation sites excluding steroid dienone is 8. The Labute approximate surface area is 370 Å². The van der Waals surface area contributed by atoms with E-state index < -0.39 is 7.14 Å². The number of ether oxygens (including phenoxy) is 1. The van der Waals surface area contributed by atoms with Gasteiger partial charge in [-0.2, -0.15) is 0 Å². The minimum atomic E-state index is -1.62. The lowest BCUT2D eigenvalue weighted by Gasteiger charge is -2.44. The van der Waals surface area contributed by atoms with E-state index >= 15 is 0 Å². The van der Waals surface area contributed by atoms with E-state index in [1.807, 2.05) is 5.31 Å². The van der Waals surface area contributed by atoms with Gasteiger partial charge in [0.15, 0.2) is 0 Å². The van der Waals surface area contributed by atoms with E-state index in [-0.39, 0.29) is 7.92 Å². The fourth-order valence-corrected chi connectivity index (χ4v) is 23.5. The van der Waals surface area contributed by atoms with Crippen LogP contribution in [0, 0.1) is 37.5 Å². The number of hydrogen-bond donors (Lipinski definition) is 0. The van der Waals surface area contributed by atoms with Gasteiger partial charge in [-0.1, -0.05) is 132 Å². The lowest BCUT2D eigenvalue weighted by atomic mass is 9.92. The molecule has 4 unspecified atom stereocenters. The van der Waals surface area contributed by atoms with Crippen LogP contribution in [-0.2, 0) is 4.74 Å². The maximum absolute atomic E-state index is 7.84. The van der Waals surface area contributed by atoms with Gasteiger partial charge < -0.3 is 4.74 Å². The zero-order valence-corrected chi connectivity index (χ0v) is 39.6. The first kappa shape index (κ1) is 43.5. The van der Waals surface area contributed by atoms with Crippen molar-refractivity contribution in [3.05, 3.63) is 106 Å². The SMILES string of the molecule is C1CCOC1.Cc1ccccc1C1=C(P(C2CCCCC2)C2CCCCC2)C2C=CC1C2.[B][P+](C1=C(c2ccccc2C)C2C=CC1C2)(C1CCCCC1)C1CCCCC1. The van der Waals surface area contributed by atoms with Gasteiger partial charge in [-0.15, -0.1) is 0 Å². The summed E-state index contributed by atoms with van der Waals surface area (Å²) >= 11 is 0. The molecule has 0 N–H and O–H groups in total. The summed E-state index contributed by atoms with van der Waals surface area (Å²) in [6, 6.07) is 18.3. The van der Waals surface area contributed by atoms with Crippen LogP contribution in [0.5, 0.6) is 0 Å². The molecule has 8 aliphatic carbocycles. The predicted molar refractivity (Wildman–Crippen MR) is 265 cm³/mol. The Balaban J connectivity index is 0.000000138. The molecule has 1 heterocycles. The number of aryl methyl sites for hydroxylation is 2. The summed E-state index contributed by atoms with van der Waals surface area (Å²) < 4.78 is 4.94. The number of benzene rings is 2. The van der Waals surface area contributed by atoms with Gasteiger partial charge in [-0.05, 0) is 168 Å². The molecule has 4 saturated carbocycles. The molecule has 2 aromatic carbocycles. The Morgan fingerprint density at radius 3 is 1.38 bits per heavy atom. The number of rotatable bonds is 8. The van der Waals surface area contributed by atoms with Crippen molar-refractivity contribution in [1.82, 2.24) is 0 Å². The molecule has 2 radical (unpaired) electrons. The molecule has 0 amide bonds. The van der Waals surface area contributed by atoms with Crippen molar-refractivity contribution in [3.63, 3.8) is 0 Å². The minimum absolute atomic E-state index is 0.0402. The Morgan fingerprint density at radius 2 is 0.900 bits per heavy atom. The molecule has 9 aliphatic rings. The minimum Gasteiger partial charge on any atom is -0.381 e. The molecular formula is C56H78BOP2+. The summed E-state index contributed by atoms with van der Waals surface area (Å²) in [7, 11) is 6.25. The fraction of sp³-hybridized carbons (Fsp3) is 0.643. The van der Waals surface area contributed by atoms with E-state index in [9.17, 15) is 0 Å². The van der Waals surface area contributed by atoms with E-state index in [0.29, 0.717) is 17.8 Å². The highest BCUT2D eigenvalue weighted by atomic mass is 31.2. The van der Waals surface area contributed by atoms with E-state index in [4.69, 9.17) is 12.3 Å². The topological polar surface area (TPSA) is 9.23 Å². The quantitative estimate of drug-likeness (QED) is 0.146. The summed E-state index contributed by atoms with van der Waals surface area (Å²) in [6.07, 6.45) is 44.5. The molecule has 4 bridgehead atoms. The van der Waals surface area contributed by atoms with Crippen LogP contribution in [0.25, 0.3) is 11.1 Å². The van der Waals surface area contributed by atoms with E-state index in [0.717, 1.165) is 41.8 Å². The molecule has 5 fully saturated rings. The average molecular weight is 840 g/mol. The summed E-state index contributed by atoms with van der Waals surface area (Å²) in [6.45, 7) is 6.63. The maximum atomic E-state index is 7.84. The highest BCUT2D eigenvalue weighted by molar-refractivity contribution is 8.01. The van der Waals surface area contributed by atoms with Crippen molar-refractivity contribution in [1.29, 1.82) is 0 Å². The molecule has 320 valence electrons. The highest BCUT2D eigenvalue weighted by Crippen LogP contribution is 2.79. The zero-order valence-electron chi connectivity index (χ0n) is 37.8. The molecule has 4 heteroatoms. The lowest BCUT2D eigenvalue weighted by Crippen LogP contribution is -2.30. The number of hydrogen-bond acceptors (Lipinski definition) is 1. The van der Waals surface area contributed by atoms with Gasteiger partial charge in [0, 0.05) is 42.5 Å². The van der Waals surface area contributed by atoms with Crippen molar-refractivity contribution in [2.24, 2.45) is 23.7 Å². The summed E-state index contributed by atoms with van der Waals surface area (Å²) in [5.41, 5.74) is 13.2. The van der Waals surface area contributed by atoms with Gasteiger partial charge in [0.25, 0.3) is 0 Å². The van der Waals surface area contributed by atoms with Gasteiger partial charge in [0.1, 0.15) is 0 Å². The molecule has 1 saturated heterocycles. The average Bonchev–Trinajstić information content (AvgIpc) is 4.18. The first-order valence-electron chi connectivity index (χ1n) is 25.5. The molecule has 1 nitrogen and oxygen atoms in total. The van der Waals surface area contributed by atoms with E-state index in [2.05, 4.69) is 86.7 Å². The van der Waals surface area contributed by atoms with Gasteiger partial charge in [0.05, 0.1) is 16.6 Å². The predicted octanol–water partition coefficient (Wildman–Crippen LogP) is 16.5. The van der Waals surface area contributed by atoms with Crippen molar-refractivity contribution in [3.8, 4) is 0 Å². The molecule has 4 atom stereocenters. The third-order valence-electron chi connectivity index (χ3n) is 16.9. The Morgan fingerprint density at radius 1 is 0.483 bits per heavy atom. The normalized spacial score (nSPS) is 28.7. The van der Waals surface area contributed by atoms with E-state index in [1.54, 1.807) is 22.0 Å². The molecule has 0 spiro atoms. The monoisotopic (exact) mass is 840 g/mol. The van der Waals surface area contributed by atoms with Crippen LogP contribution in [0.2, 0.25) is 0 Å². The van der Waals surface area contributed by atoms with Crippen LogP contribution in [-0.4, -0.2) is 43.4 Å². The van der Waals surface area contributed by atoms with E-state index in [1.165, 1.54) is 171 Å². The van der Waals surface area contributed by atoms with Crippen LogP contribution in [0.4, 0.5) is 0 Å². The lowest BCUT2D eigenvalue weighted by molar-refractivity contribution is 0.198. The molecule has 60 heavy (non-hydrogen) atoms. The summed E-state index contributed by atoms with van der Waals surface area (Å²) in [4.78, 5) is 0. The molecule has 2 aromatic rings. The van der Waals surface area contributed by atoms with Crippen molar-refractivity contribution in [2.75, 3.05) is 13.2 Å². The molecule has 11 rings (SSSR count). The largest absolute Gasteiger partial charge is 0.381 e. The van der Waals surface area contributed by atoms with Gasteiger partial charge in [-0.3, -0.25) is 0 Å². The Hall–Kier alpha value is -1.72. The highest BCUT2D eigenvalue weighted by Gasteiger charge is 2.57. The second kappa shape index (κ2) is 20.4. The smallest absolute Gasteiger partial charge is 0.371 e.